The number of hydrogen-bond acceptors (Lipinski definition) is 3. The summed E-state index contributed by atoms with van der Waals surface area (Å²) in [5.41, 5.74) is 0.900. The fourth-order valence-electron chi connectivity index (χ4n) is 1.08. The van der Waals surface area contributed by atoms with Gasteiger partial charge in [0.15, 0.2) is 5.78 Å². The zero-order valence-corrected chi connectivity index (χ0v) is 7.95. The Balaban J connectivity index is 2.41. The minimum absolute atomic E-state index is 0.0863. The van der Waals surface area contributed by atoms with Crippen LogP contribution in [0.4, 0.5) is 0 Å². The lowest BCUT2D eigenvalue weighted by Crippen LogP contribution is -2.22. The van der Waals surface area contributed by atoms with Gasteiger partial charge in [0, 0.05) is 13.0 Å². The first-order valence-electron chi connectivity index (χ1n) is 4.39. The molecule has 1 unspecified atom stereocenters. The molecule has 0 aliphatic heterocycles. The number of carbonyl (C=O) groups excluding carboxylic acids is 1. The summed E-state index contributed by atoms with van der Waals surface area (Å²) in [4.78, 5) is 11.4. The molecule has 72 valence electrons. The monoisotopic (exact) mass is 182 g/mol. The molecule has 13 heavy (non-hydrogen) atoms. The van der Waals surface area contributed by atoms with Crippen molar-refractivity contribution < 1.29 is 13.9 Å². The predicted molar refractivity (Wildman–Crippen MR) is 48.5 cm³/mol. The number of Topliss-reactive ketones (excluding diaryl/α,β-unsaturated/α-hetero) is 1. The first-order chi connectivity index (χ1) is 6.24. The lowest BCUT2D eigenvalue weighted by Gasteiger charge is -2.08. The lowest BCUT2D eigenvalue weighted by molar-refractivity contribution is -0.128. The van der Waals surface area contributed by atoms with Crippen molar-refractivity contribution in [1.29, 1.82) is 0 Å². The molecular formula is C10H14O3. The maximum absolute atomic E-state index is 11.4. The van der Waals surface area contributed by atoms with Crippen molar-refractivity contribution in [2.45, 2.75) is 26.4 Å². The standard InChI is InChI=1S/C10H14O3/c1-3-13-8(2)10(11)6-9-4-5-12-7-9/h4-5,7-8H,3,6H2,1-2H3. The van der Waals surface area contributed by atoms with Crippen LogP contribution in [0.25, 0.3) is 0 Å². The van der Waals surface area contributed by atoms with E-state index in [9.17, 15) is 4.79 Å². The summed E-state index contributed by atoms with van der Waals surface area (Å²) >= 11 is 0. The van der Waals surface area contributed by atoms with E-state index in [0.717, 1.165) is 5.56 Å². The normalized spacial score (nSPS) is 12.8. The minimum atomic E-state index is -0.320. The highest BCUT2D eigenvalue weighted by atomic mass is 16.5. The number of hydrogen-bond donors (Lipinski definition) is 0. The fourth-order valence-corrected chi connectivity index (χ4v) is 1.08. The van der Waals surface area contributed by atoms with Gasteiger partial charge >= 0.3 is 0 Å². The summed E-state index contributed by atoms with van der Waals surface area (Å²) in [7, 11) is 0. The molecule has 3 nitrogen and oxygen atoms in total. The Morgan fingerprint density at radius 2 is 2.46 bits per heavy atom. The number of furan rings is 1. The van der Waals surface area contributed by atoms with Crippen LogP contribution in [0, 0.1) is 0 Å². The van der Waals surface area contributed by atoms with Gasteiger partial charge in [-0.25, -0.2) is 0 Å². The smallest absolute Gasteiger partial charge is 0.165 e. The lowest BCUT2D eigenvalue weighted by atomic mass is 10.1. The molecule has 1 rings (SSSR count). The van der Waals surface area contributed by atoms with Gasteiger partial charge in [-0.3, -0.25) is 4.79 Å². The second-order valence-corrected chi connectivity index (χ2v) is 2.87. The number of rotatable bonds is 5. The zero-order chi connectivity index (χ0) is 9.68. The molecule has 0 saturated carbocycles. The van der Waals surface area contributed by atoms with Gasteiger partial charge in [0.25, 0.3) is 0 Å². The van der Waals surface area contributed by atoms with Gasteiger partial charge < -0.3 is 9.15 Å². The highest BCUT2D eigenvalue weighted by Crippen LogP contribution is 2.04. The highest BCUT2D eigenvalue weighted by molar-refractivity contribution is 5.84. The van der Waals surface area contributed by atoms with Gasteiger partial charge in [0.05, 0.1) is 12.5 Å². The van der Waals surface area contributed by atoms with Crippen LogP contribution in [0.3, 0.4) is 0 Å². The third kappa shape index (κ3) is 3.03. The van der Waals surface area contributed by atoms with E-state index in [1.54, 1.807) is 25.5 Å². The quantitative estimate of drug-likeness (QED) is 0.697. The molecule has 1 aromatic rings. The van der Waals surface area contributed by atoms with Crippen LogP contribution >= 0.6 is 0 Å². The SMILES string of the molecule is CCOC(C)C(=O)Cc1ccoc1. The number of ketones is 1. The van der Waals surface area contributed by atoms with Crippen molar-refractivity contribution in [3.63, 3.8) is 0 Å². The van der Waals surface area contributed by atoms with Gasteiger partial charge in [0.2, 0.25) is 0 Å². The van der Waals surface area contributed by atoms with Crippen LogP contribution in [-0.4, -0.2) is 18.5 Å². The molecular weight excluding hydrogens is 168 g/mol. The van der Waals surface area contributed by atoms with Crippen LogP contribution in [-0.2, 0) is 16.0 Å². The Kier molecular flexibility index (Phi) is 3.71. The molecule has 3 heteroatoms. The average Bonchev–Trinajstić information content (AvgIpc) is 2.57. The number of ether oxygens (including phenoxy) is 1. The molecule has 0 N–H and O–H groups in total. The summed E-state index contributed by atoms with van der Waals surface area (Å²) in [5, 5.41) is 0. The Bertz CT molecular complexity index is 251. The second kappa shape index (κ2) is 4.82. The van der Waals surface area contributed by atoms with Gasteiger partial charge in [-0.2, -0.15) is 0 Å². The Hall–Kier alpha value is -1.09. The first-order valence-corrected chi connectivity index (χ1v) is 4.39. The Labute approximate surface area is 77.7 Å². The van der Waals surface area contributed by atoms with Crippen LogP contribution < -0.4 is 0 Å². The maximum Gasteiger partial charge on any atom is 0.165 e. The summed E-state index contributed by atoms with van der Waals surface area (Å²) in [6.07, 6.45) is 3.21. The van der Waals surface area contributed by atoms with E-state index in [0.29, 0.717) is 13.0 Å². The Morgan fingerprint density at radius 1 is 1.69 bits per heavy atom. The molecule has 0 aliphatic rings. The van der Waals surface area contributed by atoms with E-state index >= 15 is 0 Å². The molecule has 0 saturated heterocycles. The largest absolute Gasteiger partial charge is 0.472 e. The average molecular weight is 182 g/mol. The summed E-state index contributed by atoms with van der Waals surface area (Å²) in [5.74, 6) is 0.0863. The molecule has 1 aromatic heterocycles. The maximum atomic E-state index is 11.4. The molecule has 0 bridgehead atoms. The topological polar surface area (TPSA) is 39.4 Å². The van der Waals surface area contributed by atoms with Crippen molar-refractivity contribution in [2.75, 3.05) is 6.61 Å². The summed E-state index contributed by atoms with van der Waals surface area (Å²) in [6.45, 7) is 4.21. The zero-order valence-electron chi connectivity index (χ0n) is 7.95. The van der Waals surface area contributed by atoms with Crippen molar-refractivity contribution in [2.24, 2.45) is 0 Å². The van der Waals surface area contributed by atoms with Crippen LogP contribution in [0.5, 0.6) is 0 Å². The van der Waals surface area contributed by atoms with Gasteiger partial charge in [-0.05, 0) is 25.5 Å². The second-order valence-electron chi connectivity index (χ2n) is 2.87. The highest BCUT2D eigenvalue weighted by Gasteiger charge is 2.13. The van der Waals surface area contributed by atoms with E-state index in [4.69, 9.17) is 9.15 Å². The molecule has 1 heterocycles. The van der Waals surface area contributed by atoms with E-state index < -0.39 is 0 Å². The Morgan fingerprint density at radius 3 is 3.00 bits per heavy atom. The molecule has 0 aliphatic carbocycles. The molecule has 0 amide bonds. The fraction of sp³-hybridized carbons (Fsp3) is 0.500. The number of carbonyl (C=O) groups is 1. The van der Waals surface area contributed by atoms with E-state index in [1.807, 2.05) is 6.92 Å². The van der Waals surface area contributed by atoms with Gasteiger partial charge in [0.1, 0.15) is 6.10 Å². The van der Waals surface area contributed by atoms with Crippen LogP contribution in [0.15, 0.2) is 23.0 Å². The van der Waals surface area contributed by atoms with Crippen molar-refractivity contribution in [3.8, 4) is 0 Å². The molecule has 0 radical (unpaired) electrons. The van der Waals surface area contributed by atoms with Crippen LogP contribution in [0.1, 0.15) is 19.4 Å². The minimum Gasteiger partial charge on any atom is -0.472 e. The molecule has 0 fully saturated rings. The molecule has 0 aromatic carbocycles. The van der Waals surface area contributed by atoms with Crippen LogP contribution in [0.2, 0.25) is 0 Å². The molecule has 1 atom stereocenters. The van der Waals surface area contributed by atoms with Gasteiger partial charge in [-0.1, -0.05) is 0 Å². The van der Waals surface area contributed by atoms with E-state index in [1.165, 1.54) is 0 Å². The van der Waals surface area contributed by atoms with E-state index in [-0.39, 0.29) is 11.9 Å². The van der Waals surface area contributed by atoms with Crippen molar-refractivity contribution in [1.82, 2.24) is 0 Å². The summed E-state index contributed by atoms with van der Waals surface area (Å²) in [6, 6.07) is 1.79. The third-order valence-corrected chi connectivity index (χ3v) is 1.83. The van der Waals surface area contributed by atoms with Crippen molar-refractivity contribution >= 4 is 5.78 Å². The first kappa shape index (κ1) is 9.99. The predicted octanol–water partition coefficient (Wildman–Crippen LogP) is 1.82. The van der Waals surface area contributed by atoms with Crippen molar-refractivity contribution in [3.05, 3.63) is 24.2 Å². The molecule has 0 spiro atoms. The van der Waals surface area contributed by atoms with E-state index in [2.05, 4.69) is 0 Å². The summed E-state index contributed by atoms with van der Waals surface area (Å²) < 4.78 is 10.0. The third-order valence-electron chi connectivity index (χ3n) is 1.83. The van der Waals surface area contributed by atoms with Gasteiger partial charge in [-0.15, -0.1) is 0 Å².